The minimum absolute atomic E-state index is 0.000599. The van der Waals surface area contributed by atoms with E-state index in [0.717, 1.165) is 42.7 Å². The van der Waals surface area contributed by atoms with E-state index in [1.54, 1.807) is 42.5 Å². The molecule has 41 heavy (non-hydrogen) atoms. The van der Waals surface area contributed by atoms with Crippen LogP contribution in [-0.2, 0) is 30.8 Å². The van der Waals surface area contributed by atoms with Crippen LogP contribution in [0.3, 0.4) is 0 Å². The number of carbonyl (C=O) groups excluding carboxylic acids is 2. The molecule has 12 nitrogen and oxygen atoms in total. The lowest BCUT2D eigenvalue weighted by Crippen LogP contribution is -2.51. The average molecular weight is 585 g/mol. The third-order valence-corrected chi connectivity index (χ3v) is 8.87. The summed E-state index contributed by atoms with van der Waals surface area (Å²) in [6.07, 6.45) is 2.72. The molecule has 2 aliphatic heterocycles. The first-order valence-electron chi connectivity index (χ1n) is 13.7. The van der Waals surface area contributed by atoms with Crippen LogP contribution < -0.4 is 21.3 Å². The van der Waals surface area contributed by atoms with Crippen LogP contribution >= 0.6 is 0 Å². The quantitative estimate of drug-likeness (QED) is 0.220. The maximum atomic E-state index is 13.1. The van der Waals surface area contributed by atoms with Crippen molar-refractivity contribution >= 4 is 39.5 Å². The monoisotopic (exact) mass is 584 g/mol. The highest BCUT2D eigenvalue weighted by Gasteiger charge is 2.40. The van der Waals surface area contributed by atoms with Crippen molar-refractivity contribution in [3.8, 4) is 0 Å². The summed E-state index contributed by atoms with van der Waals surface area (Å²) in [6, 6.07) is 12.4. The van der Waals surface area contributed by atoms with Crippen molar-refractivity contribution in [2.45, 2.75) is 55.5 Å². The number of nitrogens with zero attached hydrogens (tertiary/aromatic N) is 2. The maximum absolute atomic E-state index is 13.1. The third-order valence-electron chi connectivity index (χ3n) is 6.95. The Morgan fingerprint density at radius 3 is 2.51 bits per heavy atom. The molecule has 2 amide bonds. The Morgan fingerprint density at radius 1 is 1.07 bits per heavy atom. The van der Waals surface area contributed by atoms with Gasteiger partial charge in [0.25, 0.3) is 0 Å². The number of carbonyl (C=O) groups is 3. The number of hydrogen-bond donors (Lipinski definition) is 5. The summed E-state index contributed by atoms with van der Waals surface area (Å²) in [5.74, 6) is -1.18. The fourth-order valence-corrected chi connectivity index (χ4v) is 6.48. The highest BCUT2D eigenvalue weighted by molar-refractivity contribution is 7.89. The second kappa shape index (κ2) is 14.1. The zero-order valence-electron chi connectivity index (χ0n) is 22.7. The number of guanidine groups is 1. The molecule has 2 heterocycles. The van der Waals surface area contributed by atoms with Crippen molar-refractivity contribution in [2.24, 2.45) is 4.99 Å². The number of benzene rings is 2. The summed E-state index contributed by atoms with van der Waals surface area (Å²) in [7, 11) is -3.90. The number of sulfonamides is 1. The van der Waals surface area contributed by atoms with Crippen molar-refractivity contribution in [1.82, 2.24) is 20.3 Å². The molecule has 0 aliphatic carbocycles. The third kappa shape index (κ3) is 8.27. The van der Waals surface area contributed by atoms with Gasteiger partial charge in [-0.15, -0.1) is 0 Å². The van der Waals surface area contributed by atoms with Gasteiger partial charge < -0.3 is 26.4 Å². The molecule has 2 aromatic carbocycles. The molecule has 0 spiro atoms. The molecule has 2 aromatic rings. The molecule has 0 bridgehead atoms. The van der Waals surface area contributed by atoms with Crippen molar-refractivity contribution in [1.29, 1.82) is 0 Å². The van der Waals surface area contributed by atoms with Crippen molar-refractivity contribution in [2.75, 3.05) is 31.5 Å². The summed E-state index contributed by atoms with van der Waals surface area (Å²) >= 11 is 0. The predicted molar refractivity (Wildman–Crippen MR) is 154 cm³/mol. The molecule has 220 valence electrons. The van der Waals surface area contributed by atoms with Crippen LogP contribution in [0.4, 0.5) is 5.69 Å². The van der Waals surface area contributed by atoms with E-state index in [2.05, 4.69) is 26.3 Å². The fraction of sp³-hybridized carbons (Fsp3) is 0.429. The van der Waals surface area contributed by atoms with E-state index in [9.17, 15) is 27.9 Å². The summed E-state index contributed by atoms with van der Waals surface area (Å²) in [5.41, 5.74) is 1.23. The number of nitrogens with one attached hydrogen (secondary N) is 4. The topological polar surface area (TPSA) is 169 Å². The van der Waals surface area contributed by atoms with Crippen LogP contribution in [0.15, 0.2) is 64.5 Å². The van der Waals surface area contributed by atoms with Crippen LogP contribution in [0.2, 0.25) is 0 Å². The Bertz CT molecular complexity index is 1350. The fourth-order valence-electron chi connectivity index (χ4n) is 4.80. The van der Waals surface area contributed by atoms with Gasteiger partial charge in [-0.2, -0.15) is 4.31 Å². The largest absolute Gasteiger partial charge is 0.480 e. The molecule has 0 aromatic heterocycles. The Morgan fingerprint density at radius 2 is 1.83 bits per heavy atom. The van der Waals surface area contributed by atoms with Gasteiger partial charge in [0.05, 0.1) is 11.4 Å². The summed E-state index contributed by atoms with van der Waals surface area (Å²) < 4.78 is 27.3. The van der Waals surface area contributed by atoms with E-state index in [1.165, 1.54) is 12.1 Å². The van der Waals surface area contributed by atoms with Gasteiger partial charge in [-0.3, -0.25) is 14.6 Å². The van der Waals surface area contributed by atoms with E-state index in [-0.39, 0.29) is 23.8 Å². The molecule has 2 aliphatic rings. The number of carboxylic acids is 1. The Balaban J connectivity index is 1.26. The van der Waals surface area contributed by atoms with E-state index < -0.39 is 34.0 Å². The number of unbranched alkanes of at least 4 members (excludes halogenated alkanes) is 1. The first-order chi connectivity index (χ1) is 19.7. The van der Waals surface area contributed by atoms with E-state index in [1.807, 2.05) is 0 Å². The summed E-state index contributed by atoms with van der Waals surface area (Å²) in [4.78, 5) is 41.7. The van der Waals surface area contributed by atoms with Gasteiger partial charge in [0, 0.05) is 38.2 Å². The lowest BCUT2D eigenvalue weighted by molar-refractivity contribution is -0.142. The average Bonchev–Trinajstić information content (AvgIpc) is 3.67. The van der Waals surface area contributed by atoms with Gasteiger partial charge in [-0.1, -0.05) is 30.3 Å². The number of aliphatic imine (C=N–C) groups is 1. The molecule has 1 fully saturated rings. The van der Waals surface area contributed by atoms with Gasteiger partial charge in [-0.05, 0) is 55.5 Å². The predicted octanol–water partition coefficient (Wildman–Crippen LogP) is 1.31. The number of anilines is 1. The van der Waals surface area contributed by atoms with Gasteiger partial charge in [0.2, 0.25) is 21.8 Å². The molecule has 2 atom stereocenters. The van der Waals surface area contributed by atoms with Crippen LogP contribution in [0, 0.1) is 0 Å². The molecule has 4 rings (SSSR count). The SMILES string of the molecule is O=C(CCCCNC1=NCCN1)Nc1ccc(CC(NC(=O)C2CCCN2S(=O)(=O)c2ccccc2)C(=O)O)cc1. The molecular formula is C28H36N6O6S. The van der Waals surface area contributed by atoms with Gasteiger partial charge in [0.15, 0.2) is 5.96 Å². The number of hydrogen-bond acceptors (Lipinski definition) is 8. The molecule has 5 N–H and O–H groups in total. The zero-order valence-corrected chi connectivity index (χ0v) is 23.5. The normalized spacial score (nSPS) is 17.8. The molecule has 0 radical (unpaired) electrons. The highest BCUT2D eigenvalue weighted by Crippen LogP contribution is 2.26. The minimum atomic E-state index is -3.90. The zero-order chi connectivity index (χ0) is 29.2. The van der Waals surface area contributed by atoms with Gasteiger partial charge >= 0.3 is 5.97 Å². The second-order valence-corrected chi connectivity index (χ2v) is 11.9. The first-order valence-corrected chi connectivity index (χ1v) is 15.2. The number of carboxylic acid groups (broad SMARTS) is 1. The lowest BCUT2D eigenvalue weighted by Gasteiger charge is -2.25. The Labute approximate surface area is 239 Å². The molecule has 0 saturated carbocycles. The number of rotatable bonds is 13. The van der Waals surface area contributed by atoms with Crippen LogP contribution in [0.25, 0.3) is 0 Å². The maximum Gasteiger partial charge on any atom is 0.326 e. The van der Waals surface area contributed by atoms with E-state index in [4.69, 9.17) is 0 Å². The standard InChI is InChI=1S/C28H36N6O6S/c35-25(10-4-5-15-29-28-30-16-17-31-28)32-21-13-11-20(12-14-21)19-23(27(37)38)33-26(36)24-9-6-18-34(24)41(39,40)22-7-2-1-3-8-22/h1-3,7-8,11-14,23-24H,4-6,9-10,15-19H2,(H,32,35)(H,33,36)(H,37,38)(H2,29,30,31). The number of aliphatic carboxylic acids is 1. The number of amides is 2. The van der Waals surface area contributed by atoms with Crippen LogP contribution in [0.1, 0.15) is 37.7 Å². The van der Waals surface area contributed by atoms with Crippen molar-refractivity contribution in [3.05, 3.63) is 60.2 Å². The van der Waals surface area contributed by atoms with Crippen LogP contribution in [-0.4, -0.2) is 79.8 Å². The first kappa shape index (κ1) is 30.0. The minimum Gasteiger partial charge on any atom is -0.480 e. The van der Waals surface area contributed by atoms with Gasteiger partial charge in [-0.25, -0.2) is 13.2 Å². The van der Waals surface area contributed by atoms with Crippen LogP contribution in [0.5, 0.6) is 0 Å². The lowest BCUT2D eigenvalue weighted by atomic mass is 10.0. The molecule has 13 heteroatoms. The molecule has 2 unspecified atom stereocenters. The molecular weight excluding hydrogens is 548 g/mol. The Kier molecular flexibility index (Phi) is 10.3. The second-order valence-electron chi connectivity index (χ2n) is 9.98. The van der Waals surface area contributed by atoms with Crippen molar-refractivity contribution < 1.29 is 27.9 Å². The highest BCUT2D eigenvalue weighted by atomic mass is 32.2. The van der Waals surface area contributed by atoms with E-state index in [0.29, 0.717) is 30.5 Å². The van der Waals surface area contributed by atoms with Gasteiger partial charge in [0.1, 0.15) is 12.1 Å². The van der Waals surface area contributed by atoms with Crippen molar-refractivity contribution in [3.63, 3.8) is 0 Å². The Hall–Kier alpha value is -3.97. The molecule has 1 saturated heterocycles. The smallest absolute Gasteiger partial charge is 0.326 e. The van der Waals surface area contributed by atoms with E-state index >= 15 is 0 Å². The summed E-state index contributed by atoms with van der Waals surface area (Å²) in [5, 5.41) is 21.4. The summed E-state index contributed by atoms with van der Waals surface area (Å²) in [6.45, 7) is 2.53.